The molecular formula is C25H24N2O2. The minimum Gasteiger partial charge on any atom is -0.497 e. The van der Waals surface area contributed by atoms with Gasteiger partial charge in [-0.1, -0.05) is 42.5 Å². The Balaban J connectivity index is 1.42. The van der Waals surface area contributed by atoms with Gasteiger partial charge in [0.25, 0.3) is 0 Å². The van der Waals surface area contributed by atoms with Gasteiger partial charge in [0, 0.05) is 35.4 Å². The van der Waals surface area contributed by atoms with Crippen LogP contribution in [-0.2, 0) is 6.54 Å². The Kier molecular flexibility index (Phi) is 5.52. The van der Waals surface area contributed by atoms with Gasteiger partial charge in [0.1, 0.15) is 11.5 Å². The van der Waals surface area contributed by atoms with Crippen molar-refractivity contribution in [3.8, 4) is 11.5 Å². The van der Waals surface area contributed by atoms with Crippen LogP contribution in [0.15, 0.2) is 72.9 Å². The number of fused-ring (bicyclic) bond motifs is 1. The first-order chi connectivity index (χ1) is 14.2. The molecule has 0 saturated heterocycles. The standard InChI is InChI=1S/C25H24N2O2/c1-28-22-13-19(14-23(15-22)29-2)8-7-18-9-11-21(12-10-18)26-16-20-17-27-25-6-4-3-5-24(20)25/h3-15,17,26-27H,16H2,1-2H3/b8-7+. The quantitative estimate of drug-likeness (QED) is 0.386. The highest BCUT2D eigenvalue weighted by atomic mass is 16.5. The van der Waals surface area contributed by atoms with Crippen molar-refractivity contribution >= 4 is 28.7 Å². The van der Waals surface area contributed by atoms with Gasteiger partial charge in [-0.15, -0.1) is 0 Å². The number of nitrogens with one attached hydrogen (secondary N) is 2. The maximum absolute atomic E-state index is 5.33. The highest BCUT2D eigenvalue weighted by molar-refractivity contribution is 5.83. The van der Waals surface area contributed by atoms with E-state index in [1.54, 1.807) is 14.2 Å². The highest BCUT2D eigenvalue weighted by Crippen LogP contribution is 2.24. The van der Waals surface area contributed by atoms with Gasteiger partial charge in [0.05, 0.1) is 14.2 Å². The molecule has 0 spiro atoms. The number of ether oxygens (including phenoxy) is 2. The minimum absolute atomic E-state index is 0.779. The lowest BCUT2D eigenvalue weighted by atomic mass is 10.1. The summed E-state index contributed by atoms with van der Waals surface area (Å²) < 4.78 is 10.7. The first kappa shape index (κ1) is 18.7. The predicted octanol–water partition coefficient (Wildman–Crippen LogP) is 5.97. The molecule has 29 heavy (non-hydrogen) atoms. The van der Waals surface area contributed by atoms with Crippen LogP contribution in [0.1, 0.15) is 16.7 Å². The average Bonchev–Trinajstić information content (AvgIpc) is 3.20. The van der Waals surface area contributed by atoms with Gasteiger partial charge in [-0.25, -0.2) is 0 Å². The van der Waals surface area contributed by atoms with Crippen molar-refractivity contribution in [2.45, 2.75) is 6.54 Å². The van der Waals surface area contributed by atoms with Crippen LogP contribution >= 0.6 is 0 Å². The molecule has 0 aliphatic heterocycles. The van der Waals surface area contributed by atoms with Crippen LogP contribution in [0.3, 0.4) is 0 Å². The maximum atomic E-state index is 5.33. The Bertz CT molecular complexity index is 1100. The number of H-pyrrole nitrogens is 1. The van der Waals surface area contributed by atoms with E-state index in [1.165, 1.54) is 16.5 Å². The lowest BCUT2D eigenvalue weighted by Gasteiger charge is -2.07. The van der Waals surface area contributed by atoms with Gasteiger partial charge in [-0.05, 0) is 47.0 Å². The molecule has 0 aliphatic rings. The average molecular weight is 384 g/mol. The van der Waals surface area contributed by atoms with Crippen LogP contribution in [0.4, 0.5) is 5.69 Å². The molecule has 4 nitrogen and oxygen atoms in total. The molecule has 0 atom stereocenters. The molecule has 3 aromatic carbocycles. The molecule has 0 amide bonds. The van der Waals surface area contributed by atoms with Crippen LogP contribution < -0.4 is 14.8 Å². The first-order valence-electron chi connectivity index (χ1n) is 9.55. The van der Waals surface area contributed by atoms with Gasteiger partial charge in [-0.2, -0.15) is 0 Å². The number of aromatic nitrogens is 1. The van der Waals surface area contributed by atoms with E-state index in [-0.39, 0.29) is 0 Å². The second kappa shape index (κ2) is 8.57. The largest absolute Gasteiger partial charge is 0.497 e. The van der Waals surface area contributed by atoms with Gasteiger partial charge in [0.2, 0.25) is 0 Å². The number of benzene rings is 3. The van der Waals surface area contributed by atoms with E-state index >= 15 is 0 Å². The monoisotopic (exact) mass is 384 g/mol. The summed E-state index contributed by atoms with van der Waals surface area (Å²) in [6, 6.07) is 22.6. The van der Waals surface area contributed by atoms with E-state index in [9.17, 15) is 0 Å². The number of methoxy groups -OCH3 is 2. The third-order valence-electron chi connectivity index (χ3n) is 4.91. The highest BCUT2D eigenvalue weighted by Gasteiger charge is 2.03. The molecule has 1 aromatic heterocycles. The van der Waals surface area contributed by atoms with E-state index in [0.717, 1.165) is 34.9 Å². The van der Waals surface area contributed by atoms with Crippen molar-refractivity contribution in [1.82, 2.24) is 4.98 Å². The van der Waals surface area contributed by atoms with Gasteiger partial charge in [0.15, 0.2) is 0 Å². The minimum atomic E-state index is 0.779. The zero-order valence-corrected chi connectivity index (χ0v) is 16.6. The molecular weight excluding hydrogens is 360 g/mol. The van der Waals surface area contributed by atoms with E-state index in [2.05, 4.69) is 71.1 Å². The lowest BCUT2D eigenvalue weighted by molar-refractivity contribution is 0.394. The Morgan fingerprint density at radius 3 is 2.24 bits per heavy atom. The third kappa shape index (κ3) is 4.43. The number of aromatic amines is 1. The maximum Gasteiger partial charge on any atom is 0.123 e. The Morgan fingerprint density at radius 1 is 0.828 bits per heavy atom. The molecule has 0 saturated carbocycles. The zero-order valence-electron chi connectivity index (χ0n) is 16.6. The van der Waals surface area contributed by atoms with E-state index in [0.29, 0.717) is 0 Å². The SMILES string of the molecule is COc1cc(/C=C/c2ccc(NCc3c[nH]c4ccccc34)cc2)cc(OC)c1. The smallest absolute Gasteiger partial charge is 0.123 e. The van der Waals surface area contributed by atoms with Crippen LogP contribution in [0.2, 0.25) is 0 Å². The summed E-state index contributed by atoms with van der Waals surface area (Å²) in [7, 11) is 3.31. The lowest BCUT2D eigenvalue weighted by Crippen LogP contribution is -1.98. The van der Waals surface area contributed by atoms with Gasteiger partial charge < -0.3 is 19.8 Å². The number of hydrogen-bond donors (Lipinski definition) is 2. The summed E-state index contributed by atoms with van der Waals surface area (Å²) >= 11 is 0. The summed E-state index contributed by atoms with van der Waals surface area (Å²) in [5.74, 6) is 1.56. The summed E-state index contributed by atoms with van der Waals surface area (Å²) in [6.45, 7) is 0.781. The predicted molar refractivity (Wildman–Crippen MR) is 121 cm³/mol. The molecule has 0 aliphatic carbocycles. The molecule has 4 aromatic rings. The molecule has 0 unspecified atom stereocenters. The van der Waals surface area contributed by atoms with Crippen LogP contribution in [0, 0.1) is 0 Å². The third-order valence-corrected chi connectivity index (χ3v) is 4.91. The van der Waals surface area contributed by atoms with E-state index < -0.39 is 0 Å². The Morgan fingerprint density at radius 2 is 1.52 bits per heavy atom. The molecule has 146 valence electrons. The second-order valence-electron chi connectivity index (χ2n) is 6.81. The summed E-state index contributed by atoms with van der Waals surface area (Å²) in [4.78, 5) is 3.32. The van der Waals surface area contributed by atoms with Crippen LogP contribution in [0.25, 0.3) is 23.1 Å². The molecule has 0 radical (unpaired) electrons. The zero-order chi connectivity index (χ0) is 20.1. The van der Waals surface area contributed by atoms with Crippen molar-refractivity contribution in [3.05, 3.63) is 89.6 Å². The molecule has 4 heteroatoms. The van der Waals surface area contributed by atoms with E-state index in [4.69, 9.17) is 9.47 Å². The summed E-state index contributed by atoms with van der Waals surface area (Å²) in [6.07, 6.45) is 6.20. The molecule has 0 fully saturated rings. The van der Waals surface area contributed by atoms with Crippen molar-refractivity contribution in [3.63, 3.8) is 0 Å². The molecule has 0 bridgehead atoms. The summed E-state index contributed by atoms with van der Waals surface area (Å²) in [5.41, 5.74) is 5.68. The van der Waals surface area contributed by atoms with Crippen molar-refractivity contribution in [1.29, 1.82) is 0 Å². The second-order valence-corrected chi connectivity index (χ2v) is 6.81. The number of hydrogen-bond acceptors (Lipinski definition) is 3. The van der Waals surface area contributed by atoms with Crippen molar-refractivity contribution in [2.75, 3.05) is 19.5 Å². The Hall–Kier alpha value is -3.66. The number of rotatable bonds is 7. The molecule has 2 N–H and O–H groups in total. The summed E-state index contributed by atoms with van der Waals surface area (Å²) in [5, 5.41) is 4.75. The fourth-order valence-electron chi connectivity index (χ4n) is 3.31. The van der Waals surface area contributed by atoms with Gasteiger partial charge >= 0.3 is 0 Å². The topological polar surface area (TPSA) is 46.3 Å². The number of anilines is 1. The fourth-order valence-corrected chi connectivity index (χ4v) is 3.31. The van der Waals surface area contributed by atoms with Gasteiger partial charge in [-0.3, -0.25) is 0 Å². The van der Waals surface area contributed by atoms with Crippen LogP contribution in [-0.4, -0.2) is 19.2 Å². The molecule has 1 heterocycles. The van der Waals surface area contributed by atoms with Crippen LogP contribution in [0.5, 0.6) is 11.5 Å². The van der Waals surface area contributed by atoms with Crippen molar-refractivity contribution in [2.24, 2.45) is 0 Å². The van der Waals surface area contributed by atoms with Crippen molar-refractivity contribution < 1.29 is 9.47 Å². The number of para-hydroxylation sites is 1. The first-order valence-corrected chi connectivity index (χ1v) is 9.55. The normalized spacial score (nSPS) is 11.1. The fraction of sp³-hybridized carbons (Fsp3) is 0.120. The molecule has 4 rings (SSSR count). The van der Waals surface area contributed by atoms with E-state index in [1.807, 2.05) is 24.3 Å². The Labute approximate surface area is 170 Å².